The Kier molecular flexibility index (Phi) is 8.22. The third-order valence-electron chi connectivity index (χ3n) is 7.34. The van der Waals surface area contributed by atoms with Crippen LogP contribution in [0.4, 0.5) is 4.39 Å². The van der Waals surface area contributed by atoms with E-state index >= 15 is 0 Å². The Hall–Kier alpha value is -3.87. The number of carbonyl (C=O) groups excluding carboxylic acids is 2. The number of hydrogen-bond acceptors (Lipinski definition) is 4. The van der Waals surface area contributed by atoms with E-state index in [1.807, 2.05) is 48.5 Å². The van der Waals surface area contributed by atoms with E-state index in [4.69, 9.17) is 9.47 Å². The fourth-order valence-electron chi connectivity index (χ4n) is 5.22. The summed E-state index contributed by atoms with van der Waals surface area (Å²) in [5.74, 6) is 0.571. The SMILES string of the molecule is O=C(NC1CCCC1)[C@@H](Cc1ccccc1)N(Cc1ccccc1F)C(=O)CCc1ccc2c(c1)OCO2. The van der Waals surface area contributed by atoms with Crippen LogP contribution in [0.2, 0.25) is 0 Å². The van der Waals surface area contributed by atoms with Crippen molar-refractivity contribution in [1.82, 2.24) is 10.2 Å². The molecule has 0 saturated heterocycles. The molecule has 0 bridgehead atoms. The number of fused-ring (bicyclic) bond motifs is 1. The maximum Gasteiger partial charge on any atom is 0.243 e. The molecule has 1 fully saturated rings. The molecule has 2 aliphatic rings. The predicted molar refractivity (Wildman–Crippen MR) is 142 cm³/mol. The molecule has 7 heteroatoms. The van der Waals surface area contributed by atoms with Gasteiger partial charge in [0.15, 0.2) is 11.5 Å². The highest BCUT2D eigenvalue weighted by Crippen LogP contribution is 2.33. The minimum Gasteiger partial charge on any atom is -0.454 e. The summed E-state index contributed by atoms with van der Waals surface area (Å²) in [6.07, 6.45) is 5.04. The van der Waals surface area contributed by atoms with Gasteiger partial charge in [0.2, 0.25) is 18.6 Å². The van der Waals surface area contributed by atoms with Crippen LogP contribution in [0.5, 0.6) is 11.5 Å². The molecule has 198 valence electrons. The van der Waals surface area contributed by atoms with E-state index < -0.39 is 11.9 Å². The normalized spacial score (nSPS) is 15.3. The van der Waals surface area contributed by atoms with Gasteiger partial charge in [-0.15, -0.1) is 0 Å². The number of carbonyl (C=O) groups is 2. The van der Waals surface area contributed by atoms with Gasteiger partial charge in [0, 0.05) is 31.0 Å². The molecule has 0 radical (unpaired) electrons. The van der Waals surface area contributed by atoms with Crippen LogP contribution in [0, 0.1) is 5.82 Å². The van der Waals surface area contributed by atoms with Gasteiger partial charge in [0.1, 0.15) is 11.9 Å². The first-order valence-corrected chi connectivity index (χ1v) is 13.3. The van der Waals surface area contributed by atoms with Crippen molar-refractivity contribution >= 4 is 11.8 Å². The summed E-state index contributed by atoms with van der Waals surface area (Å²) in [6, 6.07) is 21.1. The molecule has 6 nitrogen and oxygen atoms in total. The van der Waals surface area contributed by atoms with Crippen LogP contribution in [-0.4, -0.2) is 35.6 Å². The standard InChI is InChI=1S/C31H33FN2O4/c32-26-13-7-4-10-24(26)20-34(30(35)17-15-23-14-16-28-29(19-23)38-21-37-28)27(18-22-8-2-1-3-9-22)31(36)33-25-11-5-6-12-25/h1-4,7-10,13-14,16,19,25,27H,5-6,11-12,15,17-18,20-21H2,(H,33,36)/t27-/m1/s1. The zero-order chi connectivity index (χ0) is 26.3. The number of hydrogen-bond donors (Lipinski definition) is 1. The number of amides is 2. The topological polar surface area (TPSA) is 67.9 Å². The number of rotatable bonds is 10. The van der Waals surface area contributed by atoms with E-state index in [1.54, 1.807) is 23.1 Å². The van der Waals surface area contributed by atoms with Crippen molar-refractivity contribution in [1.29, 1.82) is 0 Å². The first kappa shape index (κ1) is 25.8. The number of nitrogens with zero attached hydrogens (tertiary/aromatic N) is 1. The van der Waals surface area contributed by atoms with Gasteiger partial charge >= 0.3 is 0 Å². The van der Waals surface area contributed by atoms with Crippen molar-refractivity contribution in [2.45, 2.75) is 63.6 Å². The monoisotopic (exact) mass is 516 g/mol. The van der Waals surface area contributed by atoms with Crippen LogP contribution in [0.3, 0.4) is 0 Å². The van der Waals surface area contributed by atoms with E-state index in [0.29, 0.717) is 29.9 Å². The molecule has 0 aromatic heterocycles. The minimum absolute atomic E-state index is 0.0161. The molecule has 38 heavy (non-hydrogen) atoms. The Morgan fingerprint density at radius 1 is 0.921 bits per heavy atom. The average molecular weight is 517 g/mol. The first-order valence-electron chi connectivity index (χ1n) is 13.3. The van der Waals surface area contributed by atoms with E-state index in [2.05, 4.69) is 5.32 Å². The third-order valence-corrected chi connectivity index (χ3v) is 7.34. The number of benzene rings is 3. The quantitative estimate of drug-likeness (QED) is 0.403. The molecular weight excluding hydrogens is 483 g/mol. The molecule has 3 aromatic carbocycles. The van der Waals surface area contributed by atoms with Gasteiger partial charge < -0.3 is 19.7 Å². The maximum absolute atomic E-state index is 14.7. The minimum atomic E-state index is -0.762. The Morgan fingerprint density at radius 3 is 2.45 bits per heavy atom. The lowest BCUT2D eigenvalue weighted by atomic mass is 10.0. The lowest BCUT2D eigenvalue weighted by Crippen LogP contribution is -2.52. The summed E-state index contributed by atoms with van der Waals surface area (Å²) in [7, 11) is 0. The summed E-state index contributed by atoms with van der Waals surface area (Å²) in [6.45, 7) is 0.202. The second kappa shape index (κ2) is 12.1. The van der Waals surface area contributed by atoms with E-state index in [9.17, 15) is 14.0 Å². The highest BCUT2D eigenvalue weighted by Gasteiger charge is 2.32. The maximum atomic E-state index is 14.7. The summed E-state index contributed by atoms with van der Waals surface area (Å²) in [5, 5.41) is 3.18. The van der Waals surface area contributed by atoms with E-state index in [0.717, 1.165) is 36.8 Å². The number of aryl methyl sites for hydroxylation is 1. The fourth-order valence-corrected chi connectivity index (χ4v) is 5.22. The largest absolute Gasteiger partial charge is 0.454 e. The molecule has 5 rings (SSSR count). The van der Waals surface area contributed by atoms with Gasteiger partial charge in [-0.05, 0) is 48.6 Å². The lowest BCUT2D eigenvalue weighted by Gasteiger charge is -2.32. The summed E-state index contributed by atoms with van der Waals surface area (Å²) in [5.41, 5.74) is 2.26. The summed E-state index contributed by atoms with van der Waals surface area (Å²) < 4.78 is 25.6. The fraction of sp³-hybridized carbons (Fsp3) is 0.355. The van der Waals surface area contributed by atoms with Gasteiger partial charge in [-0.2, -0.15) is 0 Å². The Morgan fingerprint density at radius 2 is 1.66 bits per heavy atom. The first-order chi connectivity index (χ1) is 18.6. The predicted octanol–water partition coefficient (Wildman–Crippen LogP) is 5.19. The second-order valence-electron chi connectivity index (χ2n) is 10.00. The van der Waals surface area contributed by atoms with Crippen LogP contribution in [0.1, 0.15) is 48.8 Å². The van der Waals surface area contributed by atoms with Gasteiger partial charge in [-0.1, -0.05) is 67.4 Å². The van der Waals surface area contributed by atoms with Crippen molar-refractivity contribution in [2.75, 3.05) is 6.79 Å². The molecule has 1 atom stereocenters. The number of halogens is 1. The molecule has 3 aromatic rings. The van der Waals surface area contributed by atoms with Gasteiger partial charge in [-0.3, -0.25) is 9.59 Å². The number of ether oxygens (including phenoxy) is 2. The van der Waals surface area contributed by atoms with Crippen molar-refractivity contribution in [3.8, 4) is 11.5 Å². The molecule has 1 N–H and O–H groups in total. The van der Waals surface area contributed by atoms with Crippen molar-refractivity contribution in [3.05, 3.63) is 95.3 Å². The van der Waals surface area contributed by atoms with E-state index in [1.165, 1.54) is 6.07 Å². The van der Waals surface area contributed by atoms with Crippen LogP contribution in [0.25, 0.3) is 0 Å². The van der Waals surface area contributed by atoms with Crippen molar-refractivity contribution in [3.63, 3.8) is 0 Å². The molecule has 1 heterocycles. The van der Waals surface area contributed by atoms with Gasteiger partial charge in [0.25, 0.3) is 0 Å². The van der Waals surface area contributed by atoms with Crippen LogP contribution >= 0.6 is 0 Å². The Labute approximate surface area is 222 Å². The zero-order valence-corrected chi connectivity index (χ0v) is 21.4. The molecule has 1 aliphatic carbocycles. The number of nitrogens with one attached hydrogen (secondary N) is 1. The van der Waals surface area contributed by atoms with Gasteiger partial charge in [0.05, 0.1) is 0 Å². The zero-order valence-electron chi connectivity index (χ0n) is 21.4. The molecule has 2 amide bonds. The smallest absolute Gasteiger partial charge is 0.243 e. The van der Waals surface area contributed by atoms with Crippen molar-refractivity contribution < 1.29 is 23.5 Å². The Balaban J connectivity index is 1.40. The molecule has 1 saturated carbocycles. The summed E-state index contributed by atoms with van der Waals surface area (Å²) >= 11 is 0. The van der Waals surface area contributed by atoms with Gasteiger partial charge in [-0.25, -0.2) is 4.39 Å². The van der Waals surface area contributed by atoms with Crippen LogP contribution in [-0.2, 0) is 29.0 Å². The second-order valence-corrected chi connectivity index (χ2v) is 10.00. The highest BCUT2D eigenvalue weighted by atomic mass is 19.1. The average Bonchev–Trinajstić information content (AvgIpc) is 3.62. The molecule has 0 spiro atoms. The van der Waals surface area contributed by atoms with Crippen molar-refractivity contribution in [2.24, 2.45) is 0 Å². The molecule has 1 aliphatic heterocycles. The third kappa shape index (κ3) is 6.33. The molecule has 0 unspecified atom stereocenters. The molecular formula is C31H33FN2O4. The van der Waals surface area contributed by atoms with Crippen LogP contribution < -0.4 is 14.8 Å². The lowest BCUT2D eigenvalue weighted by molar-refractivity contribution is -0.141. The van der Waals surface area contributed by atoms with E-state index in [-0.39, 0.29) is 37.6 Å². The Bertz CT molecular complexity index is 1260. The summed E-state index contributed by atoms with van der Waals surface area (Å²) in [4.78, 5) is 29.1. The van der Waals surface area contributed by atoms with Crippen LogP contribution in [0.15, 0.2) is 72.8 Å². The highest BCUT2D eigenvalue weighted by molar-refractivity contribution is 5.88.